The van der Waals surface area contributed by atoms with Gasteiger partial charge in [-0.3, -0.25) is 10.3 Å². The summed E-state index contributed by atoms with van der Waals surface area (Å²) >= 11 is 5.85. The van der Waals surface area contributed by atoms with E-state index in [9.17, 15) is 9.18 Å². The largest absolute Gasteiger partial charge is 0.444 e. The number of ether oxygens (including phenoxy) is 1. The zero-order valence-electron chi connectivity index (χ0n) is 15.5. The van der Waals surface area contributed by atoms with Crippen LogP contribution in [0.2, 0.25) is 5.02 Å². The zero-order valence-corrected chi connectivity index (χ0v) is 16.3. The molecule has 1 amide bonds. The molecule has 0 radical (unpaired) electrons. The fourth-order valence-electron chi connectivity index (χ4n) is 2.82. The fourth-order valence-corrected chi connectivity index (χ4v) is 2.95. The van der Waals surface area contributed by atoms with Crippen LogP contribution in [0.3, 0.4) is 0 Å². The Balaban J connectivity index is 1.59. The summed E-state index contributed by atoms with van der Waals surface area (Å²) in [7, 11) is 0. The maximum absolute atomic E-state index is 13.3. The summed E-state index contributed by atoms with van der Waals surface area (Å²) in [6.07, 6.45) is 2.51. The summed E-state index contributed by atoms with van der Waals surface area (Å²) < 4.78 is 23.9. The normalized spacial score (nSPS) is 10.6. The van der Waals surface area contributed by atoms with Crippen molar-refractivity contribution in [3.63, 3.8) is 0 Å². The number of rotatable bonds is 5. The van der Waals surface area contributed by atoms with Gasteiger partial charge in [0.2, 0.25) is 5.88 Å². The Hall–Kier alpha value is -3.71. The van der Waals surface area contributed by atoms with Crippen LogP contribution in [0.5, 0.6) is 0 Å². The highest BCUT2D eigenvalue weighted by atomic mass is 35.5. The molecule has 0 unspecified atom stereocenters. The van der Waals surface area contributed by atoms with Crippen LogP contribution < -0.4 is 5.32 Å². The minimum absolute atomic E-state index is 0.0621. The van der Waals surface area contributed by atoms with Gasteiger partial charge in [0.15, 0.2) is 0 Å². The average Bonchev–Trinajstić information content (AvgIpc) is 3.18. The first-order chi connectivity index (χ1) is 14.6. The average molecular weight is 424 g/mol. The predicted molar refractivity (Wildman–Crippen MR) is 110 cm³/mol. The molecule has 4 aromatic rings. The van der Waals surface area contributed by atoms with E-state index in [1.54, 1.807) is 60.9 Å². The van der Waals surface area contributed by atoms with E-state index in [0.29, 0.717) is 21.8 Å². The van der Waals surface area contributed by atoms with Crippen molar-refractivity contribution in [1.82, 2.24) is 10.1 Å². The van der Waals surface area contributed by atoms with Gasteiger partial charge in [-0.2, -0.15) is 0 Å². The SMILES string of the molecule is O=C(Nc1onc(-c2ccc(F)cc2)c1-c1ccncc1)OCc1ccc(Cl)cc1. The molecule has 8 heteroatoms. The maximum atomic E-state index is 13.3. The highest BCUT2D eigenvalue weighted by Gasteiger charge is 2.21. The van der Waals surface area contributed by atoms with Gasteiger partial charge in [-0.25, -0.2) is 9.18 Å². The molecule has 30 heavy (non-hydrogen) atoms. The van der Waals surface area contributed by atoms with E-state index in [2.05, 4.69) is 15.5 Å². The summed E-state index contributed by atoms with van der Waals surface area (Å²) in [6.45, 7) is 0.0621. The number of nitrogens with zero attached hydrogens (tertiary/aromatic N) is 2. The molecule has 0 atom stereocenters. The lowest BCUT2D eigenvalue weighted by Gasteiger charge is -2.07. The van der Waals surface area contributed by atoms with Crippen molar-refractivity contribution in [3.8, 4) is 22.4 Å². The molecule has 0 spiro atoms. The van der Waals surface area contributed by atoms with Crippen molar-refractivity contribution in [2.24, 2.45) is 0 Å². The van der Waals surface area contributed by atoms with Crippen LogP contribution in [0, 0.1) is 5.82 Å². The molecular weight excluding hydrogens is 409 g/mol. The van der Waals surface area contributed by atoms with E-state index in [0.717, 1.165) is 11.1 Å². The Bertz CT molecular complexity index is 1150. The molecule has 0 saturated carbocycles. The Morgan fingerprint density at radius 3 is 2.40 bits per heavy atom. The second kappa shape index (κ2) is 8.75. The van der Waals surface area contributed by atoms with Gasteiger partial charge in [0.1, 0.15) is 18.1 Å². The van der Waals surface area contributed by atoms with Crippen molar-refractivity contribution in [1.29, 1.82) is 0 Å². The Kier molecular flexibility index (Phi) is 5.72. The van der Waals surface area contributed by atoms with E-state index in [-0.39, 0.29) is 18.3 Å². The molecule has 0 aliphatic rings. The predicted octanol–water partition coefficient (Wildman–Crippen LogP) is 5.94. The van der Waals surface area contributed by atoms with Crippen LogP contribution in [0.1, 0.15) is 5.56 Å². The van der Waals surface area contributed by atoms with Crippen LogP contribution in [0.25, 0.3) is 22.4 Å². The summed E-state index contributed by atoms with van der Waals surface area (Å²) in [4.78, 5) is 16.3. The lowest BCUT2D eigenvalue weighted by atomic mass is 10.0. The summed E-state index contributed by atoms with van der Waals surface area (Å²) in [6, 6.07) is 16.3. The number of nitrogens with one attached hydrogen (secondary N) is 1. The topological polar surface area (TPSA) is 77.3 Å². The molecule has 2 heterocycles. The lowest BCUT2D eigenvalue weighted by molar-refractivity contribution is 0.154. The van der Waals surface area contributed by atoms with Gasteiger partial charge < -0.3 is 9.26 Å². The van der Waals surface area contributed by atoms with Gasteiger partial charge >= 0.3 is 6.09 Å². The van der Waals surface area contributed by atoms with Crippen molar-refractivity contribution < 1.29 is 18.4 Å². The third-order valence-corrected chi connectivity index (χ3v) is 4.53. The molecular formula is C22H15ClFN3O3. The summed E-state index contributed by atoms with van der Waals surface area (Å²) in [5, 5.41) is 7.25. The highest BCUT2D eigenvalue weighted by molar-refractivity contribution is 6.30. The minimum Gasteiger partial charge on any atom is -0.444 e. The van der Waals surface area contributed by atoms with E-state index in [1.165, 1.54) is 12.1 Å². The monoisotopic (exact) mass is 423 g/mol. The van der Waals surface area contributed by atoms with Crippen LogP contribution in [-0.2, 0) is 11.3 Å². The number of pyridine rings is 1. The number of benzene rings is 2. The molecule has 2 aromatic heterocycles. The number of carbonyl (C=O) groups is 1. The second-order valence-corrected chi connectivity index (χ2v) is 6.74. The zero-order chi connectivity index (χ0) is 20.9. The summed E-state index contributed by atoms with van der Waals surface area (Å²) in [5.74, 6) is -0.251. The van der Waals surface area contributed by atoms with E-state index in [1.807, 2.05) is 0 Å². The van der Waals surface area contributed by atoms with Crippen LogP contribution in [0.4, 0.5) is 15.1 Å². The van der Waals surface area contributed by atoms with Gasteiger partial charge in [-0.15, -0.1) is 0 Å². The van der Waals surface area contributed by atoms with Crippen LogP contribution >= 0.6 is 11.6 Å². The Morgan fingerprint density at radius 1 is 1.00 bits per heavy atom. The molecule has 6 nitrogen and oxygen atoms in total. The first-order valence-electron chi connectivity index (χ1n) is 8.94. The molecule has 150 valence electrons. The number of hydrogen-bond acceptors (Lipinski definition) is 5. The van der Waals surface area contributed by atoms with E-state index < -0.39 is 6.09 Å². The van der Waals surface area contributed by atoms with Gasteiger partial charge in [0, 0.05) is 23.0 Å². The molecule has 0 fully saturated rings. The first-order valence-corrected chi connectivity index (χ1v) is 9.32. The second-order valence-electron chi connectivity index (χ2n) is 6.31. The highest BCUT2D eigenvalue weighted by Crippen LogP contribution is 2.37. The Labute approximate surface area is 176 Å². The van der Waals surface area contributed by atoms with E-state index in [4.69, 9.17) is 20.9 Å². The number of aromatic nitrogens is 2. The lowest BCUT2D eigenvalue weighted by Crippen LogP contribution is -2.13. The van der Waals surface area contributed by atoms with Gasteiger partial charge in [-0.1, -0.05) is 28.9 Å². The van der Waals surface area contributed by atoms with Crippen LogP contribution in [0.15, 0.2) is 77.6 Å². The quantitative estimate of drug-likeness (QED) is 0.429. The number of halogens is 2. The smallest absolute Gasteiger partial charge is 0.414 e. The third kappa shape index (κ3) is 4.47. The molecule has 0 aliphatic heterocycles. The number of amides is 1. The third-order valence-electron chi connectivity index (χ3n) is 4.28. The van der Waals surface area contributed by atoms with Crippen molar-refractivity contribution >= 4 is 23.6 Å². The number of carbonyl (C=O) groups excluding carboxylic acids is 1. The summed E-state index contributed by atoms with van der Waals surface area (Å²) in [5.41, 5.74) is 3.13. The standard InChI is InChI=1S/C22H15ClFN3O3/c23-17-5-1-14(2-6-17)13-29-22(28)26-21-19(15-9-11-25-12-10-15)20(27-30-21)16-3-7-18(24)8-4-16/h1-12H,13H2,(H,26,28). The maximum Gasteiger partial charge on any atom is 0.414 e. The molecule has 2 aromatic carbocycles. The molecule has 0 bridgehead atoms. The van der Waals surface area contributed by atoms with Crippen LogP contribution in [-0.4, -0.2) is 16.2 Å². The Morgan fingerprint density at radius 2 is 1.70 bits per heavy atom. The first kappa shape index (κ1) is 19.6. The van der Waals surface area contributed by atoms with Gasteiger partial charge in [0.05, 0.1) is 5.56 Å². The van der Waals surface area contributed by atoms with Crippen molar-refractivity contribution in [3.05, 3.63) is 89.5 Å². The fraction of sp³-hybridized carbons (Fsp3) is 0.0455. The molecule has 1 N–H and O–H groups in total. The van der Waals surface area contributed by atoms with E-state index >= 15 is 0 Å². The number of anilines is 1. The molecule has 0 aliphatic carbocycles. The molecule has 0 saturated heterocycles. The minimum atomic E-state index is -0.706. The van der Waals surface area contributed by atoms with Crippen molar-refractivity contribution in [2.75, 3.05) is 5.32 Å². The van der Waals surface area contributed by atoms with Gasteiger partial charge in [0.25, 0.3) is 0 Å². The van der Waals surface area contributed by atoms with Gasteiger partial charge in [-0.05, 0) is 59.7 Å². The number of hydrogen-bond donors (Lipinski definition) is 1. The van der Waals surface area contributed by atoms with Crippen molar-refractivity contribution in [2.45, 2.75) is 6.61 Å². The molecule has 4 rings (SSSR count).